The lowest BCUT2D eigenvalue weighted by Gasteiger charge is -2.15. The first-order chi connectivity index (χ1) is 11.6. The van der Waals surface area contributed by atoms with Crippen LogP contribution in [-0.2, 0) is 6.61 Å². The van der Waals surface area contributed by atoms with Crippen molar-refractivity contribution >= 4 is 11.7 Å². The number of hydrogen-bond donors (Lipinski definition) is 0. The van der Waals surface area contributed by atoms with Gasteiger partial charge >= 0.3 is 5.82 Å². The Balaban J connectivity index is 1.64. The molecule has 7 heteroatoms. The second-order valence-corrected chi connectivity index (χ2v) is 5.57. The van der Waals surface area contributed by atoms with Gasteiger partial charge in [-0.15, -0.1) is 0 Å². The number of nitro groups is 1. The maximum absolute atomic E-state index is 12.3. The SMILES string of the molecule is O=C(c1ccc(COc2cccnc2[N+](=O)[O-])cc1)N1CCCC1. The van der Waals surface area contributed by atoms with Gasteiger partial charge in [0, 0.05) is 18.7 Å². The van der Waals surface area contributed by atoms with Crippen LogP contribution in [0.1, 0.15) is 28.8 Å². The molecule has 1 aliphatic heterocycles. The summed E-state index contributed by atoms with van der Waals surface area (Å²) in [5.41, 5.74) is 1.47. The summed E-state index contributed by atoms with van der Waals surface area (Å²) < 4.78 is 5.49. The molecule has 1 aliphatic rings. The molecular weight excluding hydrogens is 310 g/mol. The van der Waals surface area contributed by atoms with Crippen LogP contribution in [0.3, 0.4) is 0 Å². The fraction of sp³-hybridized carbons (Fsp3) is 0.294. The maximum atomic E-state index is 12.3. The van der Waals surface area contributed by atoms with E-state index in [2.05, 4.69) is 4.98 Å². The standard InChI is InChI=1S/C17H17N3O4/c21-17(19-10-1-2-11-19)14-7-5-13(6-8-14)12-24-15-4-3-9-18-16(15)20(22)23/h3-9H,1-2,10-12H2. The Bertz CT molecular complexity index is 740. The van der Waals surface area contributed by atoms with E-state index >= 15 is 0 Å². The first kappa shape index (κ1) is 15.9. The Morgan fingerprint density at radius 3 is 2.58 bits per heavy atom. The molecule has 3 rings (SSSR count). The number of likely N-dealkylation sites (tertiary alicyclic amines) is 1. The molecule has 2 aromatic rings. The highest BCUT2D eigenvalue weighted by molar-refractivity contribution is 5.94. The number of amides is 1. The van der Waals surface area contributed by atoms with E-state index in [1.165, 1.54) is 12.3 Å². The monoisotopic (exact) mass is 327 g/mol. The van der Waals surface area contributed by atoms with Crippen LogP contribution in [0.5, 0.6) is 5.75 Å². The normalized spacial score (nSPS) is 13.8. The van der Waals surface area contributed by atoms with E-state index < -0.39 is 4.92 Å². The van der Waals surface area contributed by atoms with Gasteiger partial charge in [-0.25, -0.2) is 0 Å². The zero-order valence-electron chi connectivity index (χ0n) is 13.1. The van der Waals surface area contributed by atoms with Crippen LogP contribution < -0.4 is 4.74 Å². The molecule has 1 aromatic carbocycles. The van der Waals surface area contributed by atoms with Crippen molar-refractivity contribution in [1.82, 2.24) is 9.88 Å². The molecule has 0 N–H and O–H groups in total. The van der Waals surface area contributed by atoms with Gasteiger partial charge in [-0.2, -0.15) is 0 Å². The molecule has 24 heavy (non-hydrogen) atoms. The van der Waals surface area contributed by atoms with Gasteiger partial charge in [0.05, 0.1) is 0 Å². The van der Waals surface area contributed by atoms with Gasteiger partial charge in [-0.05, 0) is 52.6 Å². The van der Waals surface area contributed by atoms with Gasteiger partial charge in [-0.1, -0.05) is 12.1 Å². The zero-order chi connectivity index (χ0) is 16.9. The fourth-order valence-corrected chi connectivity index (χ4v) is 2.64. The van der Waals surface area contributed by atoms with E-state index in [0.29, 0.717) is 5.56 Å². The molecule has 0 bridgehead atoms. The van der Waals surface area contributed by atoms with Crippen LogP contribution in [0.4, 0.5) is 5.82 Å². The Labute approximate surface area is 139 Å². The number of hydrogen-bond acceptors (Lipinski definition) is 5. The number of ether oxygens (including phenoxy) is 1. The molecule has 2 heterocycles. The lowest BCUT2D eigenvalue weighted by Crippen LogP contribution is -2.27. The summed E-state index contributed by atoms with van der Waals surface area (Å²) in [6, 6.07) is 10.2. The molecule has 1 amide bonds. The molecule has 0 radical (unpaired) electrons. The number of rotatable bonds is 5. The number of aromatic nitrogens is 1. The van der Waals surface area contributed by atoms with Crippen LogP contribution >= 0.6 is 0 Å². The quantitative estimate of drug-likeness (QED) is 0.622. The predicted octanol–water partition coefficient (Wildman–Crippen LogP) is 2.80. The minimum atomic E-state index is -0.576. The Morgan fingerprint density at radius 1 is 1.21 bits per heavy atom. The van der Waals surface area contributed by atoms with Gasteiger partial charge in [0.1, 0.15) is 12.8 Å². The van der Waals surface area contributed by atoms with E-state index in [4.69, 9.17) is 4.74 Å². The van der Waals surface area contributed by atoms with Crippen LogP contribution in [0.2, 0.25) is 0 Å². The average Bonchev–Trinajstić information content (AvgIpc) is 3.14. The summed E-state index contributed by atoms with van der Waals surface area (Å²) in [5, 5.41) is 10.9. The van der Waals surface area contributed by atoms with Crippen molar-refractivity contribution < 1.29 is 14.5 Å². The van der Waals surface area contributed by atoms with Crippen LogP contribution in [0, 0.1) is 10.1 Å². The van der Waals surface area contributed by atoms with Gasteiger partial charge in [0.15, 0.2) is 0 Å². The number of benzene rings is 1. The lowest BCUT2D eigenvalue weighted by atomic mass is 10.1. The molecule has 0 atom stereocenters. The molecule has 7 nitrogen and oxygen atoms in total. The number of carbonyl (C=O) groups is 1. The van der Waals surface area contributed by atoms with Crippen LogP contribution in [-0.4, -0.2) is 33.8 Å². The van der Waals surface area contributed by atoms with Gasteiger partial charge < -0.3 is 19.8 Å². The smallest absolute Gasteiger partial charge is 0.406 e. The molecule has 0 unspecified atom stereocenters. The molecule has 1 saturated heterocycles. The minimum Gasteiger partial charge on any atom is -0.481 e. The van der Waals surface area contributed by atoms with Gasteiger partial charge in [0.25, 0.3) is 5.91 Å². The highest BCUT2D eigenvalue weighted by Crippen LogP contribution is 2.24. The molecule has 1 fully saturated rings. The topological polar surface area (TPSA) is 85.6 Å². The van der Waals surface area contributed by atoms with Crippen molar-refractivity contribution in [3.63, 3.8) is 0 Å². The summed E-state index contributed by atoms with van der Waals surface area (Å²) in [4.78, 5) is 28.1. The number of pyridine rings is 1. The largest absolute Gasteiger partial charge is 0.481 e. The minimum absolute atomic E-state index is 0.0443. The number of nitrogens with zero attached hydrogens (tertiary/aromatic N) is 3. The summed E-state index contributed by atoms with van der Waals surface area (Å²) in [7, 11) is 0. The van der Waals surface area contributed by atoms with Crippen molar-refractivity contribution in [3.8, 4) is 5.75 Å². The van der Waals surface area contributed by atoms with E-state index in [0.717, 1.165) is 31.5 Å². The van der Waals surface area contributed by atoms with E-state index in [1.807, 2.05) is 4.90 Å². The highest BCUT2D eigenvalue weighted by atomic mass is 16.6. The molecule has 124 valence electrons. The van der Waals surface area contributed by atoms with E-state index in [9.17, 15) is 14.9 Å². The van der Waals surface area contributed by atoms with Crippen molar-refractivity contribution in [3.05, 3.63) is 63.8 Å². The first-order valence-electron chi connectivity index (χ1n) is 7.75. The van der Waals surface area contributed by atoms with Gasteiger partial charge in [0.2, 0.25) is 5.75 Å². The van der Waals surface area contributed by atoms with Crippen molar-refractivity contribution in [1.29, 1.82) is 0 Å². The Kier molecular flexibility index (Phi) is 4.69. The molecule has 0 saturated carbocycles. The Hall–Kier alpha value is -2.96. The van der Waals surface area contributed by atoms with E-state index in [1.54, 1.807) is 30.3 Å². The Morgan fingerprint density at radius 2 is 1.92 bits per heavy atom. The molecular formula is C17H17N3O4. The summed E-state index contributed by atoms with van der Waals surface area (Å²) in [6.45, 7) is 1.80. The molecule has 0 spiro atoms. The summed E-state index contributed by atoms with van der Waals surface area (Å²) >= 11 is 0. The maximum Gasteiger partial charge on any atom is 0.406 e. The predicted molar refractivity (Wildman–Crippen MR) is 86.8 cm³/mol. The summed E-state index contributed by atoms with van der Waals surface area (Å²) in [5.74, 6) is -0.138. The van der Waals surface area contributed by atoms with Crippen LogP contribution in [0.15, 0.2) is 42.6 Å². The second kappa shape index (κ2) is 7.08. The summed E-state index contributed by atoms with van der Waals surface area (Å²) in [6.07, 6.45) is 3.47. The van der Waals surface area contributed by atoms with Gasteiger partial charge in [-0.3, -0.25) is 4.79 Å². The lowest BCUT2D eigenvalue weighted by molar-refractivity contribution is -0.390. The number of carbonyl (C=O) groups excluding carboxylic acids is 1. The third-order valence-corrected chi connectivity index (χ3v) is 3.91. The van der Waals surface area contributed by atoms with Crippen molar-refractivity contribution in [2.75, 3.05) is 13.1 Å². The second-order valence-electron chi connectivity index (χ2n) is 5.57. The molecule has 1 aromatic heterocycles. The van der Waals surface area contributed by atoms with Crippen LogP contribution in [0.25, 0.3) is 0 Å². The fourth-order valence-electron chi connectivity index (χ4n) is 2.64. The third kappa shape index (κ3) is 3.51. The highest BCUT2D eigenvalue weighted by Gasteiger charge is 2.19. The zero-order valence-corrected chi connectivity index (χ0v) is 13.1. The van der Waals surface area contributed by atoms with E-state index in [-0.39, 0.29) is 24.1 Å². The van der Waals surface area contributed by atoms with Crippen molar-refractivity contribution in [2.45, 2.75) is 19.4 Å². The average molecular weight is 327 g/mol. The third-order valence-electron chi connectivity index (χ3n) is 3.91. The van der Waals surface area contributed by atoms with Crippen molar-refractivity contribution in [2.24, 2.45) is 0 Å². The molecule has 0 aliphatic carbocycles. The first-order valence-corrected chi connectivity index (χ1v) is 7.75.